The number of Topliss-reactive ketones (excluding diaryl/α,β-unsaturated/α-hetero) is 1. The lowest BCUT2D eigenvalue weighted by molar-refractivity contribution is -0.384. The van der Waals surface area contributed by atoms with Crippen LogP contribution in [0.25, 0.3) is 5.76 Å². The van der Waals surface area contributed by atoms with Crippen molar-refractivity contribution < 1.29 is 29.5 Å². The minimum atomic E-state index is -1.42. The van der Waals surface area contributed by atoms with E-state index in [1.54, 1.807) is 18.2 Å². The molecule has 0 aromatic heterocycles. The number of carbonyl (C=O) groups is 3. The van der Waals surface area contributed by atoms with Crippen molar-refractivity contribution in [2.24, 2.45) is 0 Å². The molecule has 1 aliphatic heterocycles. The lowest BCUT2D eigenvalue weighted by Crippen LogP contribution is -2.34. The normalized spacial score (nSPS) is 18.1. The zero-order valence-corrected chi connectivity index (χ0v) is 15.0. The highest BCUT2D eigenvalue weighted by molar-refractivity contribution is 6.46. The standard InChI is InChI=1S/C20H16N2O7/c23-15(24)9-10-21-17(13-7-4-8-14(11-13)22(28)29)16(19(26)20(21)27)18(25)12-5-2-1-3-6-12/h1-8,11,17,25H,9-10H2,(H,23,24)/p-1/b18-16+/t17-/m1/s1. The Morgan fingerprint density at radius 2 is 1.79 bits per heavy atom. The van der Waals surface area contributed by atoms with E-state index in [-0.39, 0.29) is 28.9 Å². The summed E-state index contributed by atoms with van der Waals surface area (Å²) in [5, 5.41) is 32.8. The average molecular weight is 395 g/mol. The molecule has 0 unspecified atom stereocenters. The quantitative estimate of drug-likeness (QED) is 0.254. The number of hydrogen-bond acceptors (Lipinski definition) is 7. The molecule has 1 atom stereocenters. The number of carbonyl (C=O) groups excluding carboxylic acids is 3. The number of nitro benzene ring substituents is 1. The van der Waals surface area contributed by atoms with Gasteiger partial charge in [0.15, 0.2) is 0 Å². The third-order valence-corrected chi connectivity index (χ3v) is 4.54. The van der Waals surface area contributed by atoms with Crippen molar-refractivity contribution in [3.63, 3.8) is 0 Å². The molecule has 3 rings (SSSR count). The van der Waals surface area contributed by atoms with Crippen LogP contribution in [-0.4, -0.2) is 39.1 Å². The summed E-state index contributed by atoms with van der Waals surface area (Å²) in [4.78, 5) is 47.6. The van der Waals surface area contributed by atoms with E-state index < -0.39 is 40.8 Å². The molecule has 1 N–H and O–H groups in total. The van der Waals surface area contributed by atoms with Gasteiger partial charge in [0, 0.05) is 36.6 Å². The fourth-order valence-electron chi connectivity index (χ4n) is 3.23. The van der Waals surface area contributed by atoms with Crippen molar-refractivity contribution in [2.45, 2.75) is 12.5 Å². The summed E-state index contributed by atoms with van der Waals surface area (Å²) in [5.41, 5.74) is -0.0530. The van der Waals surface area contributed by atoms with Crippen molar-refractivity contribution in [3.05, 3.63) is 81.4 Å². The zero-order valence-electron chi connectivity index (χ0n) is 15.0. The maximum absolute atomic E-state index is 12.7. The molecule has 0 spiro atoms. The summed E-state index contributed by atoms with van der Waals surface area (Å²) < 4.78 is 0. The van der Waals surface area contributed by atoms with Crippen LogP contribution >= 0.6 is 0 Å². The summed E-state index contributed by atoms with van der Waals surface area (Å²) in [7, 11) is 0. The molecule has 1 heterocycles. The number of nitro groups is 1. The minimum Gasteiger partial charge on any atom is -0.550 e. The molecule has 0 saturated carbocycles. The third-order valence-electron chi connectivity index (χ3n) is 4.54. The van der Waals surface area contributed by atoms with Crippen LogP contribution in [0.5, 0.6) is 0 Å². The number of aliphatic hydroxyl groups excluding tert-OH is 1. The van der Waals surface area contributed by atoms with Crippen LogP contribution in [0, 0.1) is 10.1 Å². The molecule has 2 aromatic rings. The van der Waals surface area contributed by atoms with Crippen LogP contribution < -0.4 is 5.11 Å². The van der Waals surface area contributed by atoms with Crippen LogP contribution in [0.2, 0.25) is 0 Å². The number of carboxylic acids is 1. The Labute approximate surface area is 164 Å². The summed E-state index contributed by atoms with van der Waals surface area (Å²) >= 11 is 0. The smallest absolute Gasteiger partial charge is 0.295 e. The van der Waals surface area contributed by atoms with Crippen LogP contribution in [0.4, 0.5) is 5.69 Å². The van der Waals surface area contributed by atoms with Crippen LogP contribution in [0.15, 0.2) is 60.2 Å². The van der Waals surface area contributed by atoms with Gasteiger partial charge in [-0.15, -0.1) is 0 Å². The number of hydrogen-bond donors (Lipinski definition) is 1. The van der Waals surface area contributed by atoms with Crippen LogP contribution in [0.3, 0.4) is 0 Å². The number of rotatable bonds is 6. The van der Waals surface area contributed by atoms with E-state index >= 15 is 0 Å². The number of amides is 1. The highest BCUT2D eigenvalue weighted by atomic mass is 16.6. The number of ketones is 1. The zero-order chi connectivity index (χ0) is 21.1. The first-order valence-corrected chi connectivity index (χ1v) is 8.59. The molecule has 2 aromatic carbocycles. The number of non-ortho nitro benzene ring substituents is 1. The second-order valence-electron chi connectivity index (χ2n) is 6.33. The number of benzene rings is 2. The number of aliphatic carboxylic acids is 1. The van der Waals surface area contributed by atoms with E-state index in [2.05, 4.69) is 0 Å². The van der Waals surface area contributed by atoms with Crippen molar-refractivity contribution in [2.75, 3.05) is 6.54 Å². The molecule has 1 aliphatic rings. The number of carboxylic acid groups (broad SMARTS) is 1. The summed E-state index contributed by atoms with van der Waals surface area (Å²) in [5.74, 6) is -3.87. The number of aliphatic hydroxyl groups is 1. The minimum absolute atomic E-state index is 0.203. The van der Waals surface area contributed by atoms with Gasteiger partial charge in [-0.3, -0.25) is 19.7 Å². The molecule has 1 saturated heterocycles. The van der Waals surface area contributed by atoms with E-state index in [9.17, 15) is 34.7 Å². The molecular weight excluding hydrogens is 380 g/mol. The Balaban J connectivity index is 2.18. The monoisotopic (exact) mass is 395 g/mol. The second-order valence-corrected chi connectivity index (χ2v) is 6.33. The molecule has 0 aliphatic carbocycles. The molecule has 148 valence electrons. The van der Waals surface area contributed by atoms with Crippen LogP contribution in [0.1, 0.15) is 23.6 Å². The van der Waals surface area contributed by atoms with Crippen LogP contribution in [-0.2, 0) is 14.4 Å². The predicted octanol–water partition coefficient (Wildman–Crippen LogP) is 1.16. The number of nitrogens with zero attached hydrogens (tertiary/aromatic N) is 2. The van der Waals surface area contributed by atoms with E-state index in [0.29, 0.717) is 0 Å². The summed E-state index contributed by atoms with van der Waals surface area (Å²) in [6.07, 6.45) is -0.538. The highest BCUT2D eigenvalue weighted by Gasteiger charge is 2.46. The first-order chi connectivity index (χ1) is 13.8. The second kappa shape index (κ2) is 7.93. The average Bonchev–Trinajstić information content (AvgIpc) is 2.97. The van der Waals surface area contributed by atoms with Gasteiger partial charge in [0.05, 0.1) is 16.5 Å². The molecule has 0 bridgehead atoms. The fraction of sp³-hybridized carbons (Fsp3) is 0.150. The lowest BCUT2D eigenvalue weighted by Gasteiger charge is -2.25. The van der Waals surface area contributed by atoms with Gasteiger partial charge < -0.3 is 19.9 Å². The summed E-state index contributed by atoms with van der Waals surface area (Å²) in [6.45, 7) is -0.355. The Morgan fingerprint density at radius 1 is 1.10 bits per heavy atom. The Morgan fingerprint density at radius 3 is 2.41 bits per heavy atom. The molecule has 9 heteroatoms. The Hall–Kier alpha value is -4.01. The van der Waals surface area contributed by atoms with Gasteiger partial charge in [0.25, 0.3) is 17.4 Å². The third kappa shape index (κ3) is 3.84. The Bertz CT molecular complexity index is 1030. The maximum atomic E-state index is 12.7. The molecule has 1 amide bonds. The van der Waals surface area contributed by atoms with Gasteiger partial charge >= 0.3 is 0 Å². The lowest BCUT2D eigenvalue weighted by atomic mass is 9.95. The van der Waals surface area contributed by atoms with Gasteiger partial charge in [-0.2, -0.15) is 0 Å². The molecule has 9 nitrogen and oxygen atoms in total. The van der Waals surface area contributed by atoms with E-state index in [1.165, 1.54) is 36.4 Å². The predicted molar refractivity (Wildman–Crippen MR) is 98.2 cm³/mol. The molecular formula is C20H15N2O7-. The van der Waals surface area contributed by atoms with Crippen molar-refractivity contribution in [1.82, 2.24) is 4.90 Å². The Kier molecular flexibility index (Phi) is 5.40. The van der Waals surface area contributed by atoms with Crippen molar-refractivity contribution in [3.8, 4) is 0 Å². The van der Waals surface area contributed by atoms with Gasteiger partial charge in [0.2, 0.25) is 0 Å². The first kappa shape index (κ1) is 19.7. The molecule has 1 fully saturated rings. The van der Waals surface area contributed by atoms with Gasteiger partial charge in [-0.1, -0.05) is 42.5 Å². The summed E-state index contributed by atoms with van der Waals surface area (Å²) in [6, 6.07) is 12.1. The van der Waals surface area contributed by atoms with Gasteiger partial charge in [-0.25, -0.2) is 0 Å². The highest BCUT2D eigenvalue weighted by Crippen LogP contribution is 2.40. The largest absolute Gasteiger partial charge is 0.550 e. The fourth-order valence-corrected chi connectivity index (χ4v) is 3.23. The number of likely N-dealkylation sites (tertiary alicyclic amines) is 1. The van der Waals surface area contributed by atoms with Gasteiger partial charge in [0.1, 0.15) is 5.76 Å². The molecule has 29 heavy (non-hydrogen) atoms. The molecule has 0 radical (unpaired) electrons. The van der Waals surface area contributed by atoms with E-state index in [1.807, 2.05) is 0 Å². The SMILES string of the molecule is O=C([O-])CCN1C(=O)C(=O)/C(=C(/O)c2ccccc2)[C@H]1c1cccc([N+](=O)[O-])c1. The van der Waals surface area contributed by atoms with Crippen molar-refractivity contribution in [1.29, 1.82) is 0 Å². The topological polar surface area (TPSA) is 141 Å². The van der Waals surface area contributed by atoms with Gasteiger partial charge in [-0.05, 0) is 5.56 Å². The maximum Gasteiger partial charge on any atom is 0.295 e. The van der Waals surface area contributed by atoms with E-state index in [0.717, 1.165) is 4.90 Å². The first-order valence-electron chi connectivity index (χ1n) is 8.59. The van der Waals surface area contributed by atoms with Crippen molar-refractivity contribution >= 4 is 29.1 Å². The van der Waals surface area contributed by atoms with E-state index in [4.69, 9.17) is 0 Å².